The van der Waals surface area contributed by atoms with Crippen LogP contribution >= 0.6 is 0 Å². The van der Waals surface area contributed by atoms with Gasteiger partial charge in [-0.1, -0.05) is 322 Å². The van der Waals surface area contributed by atoms with Gasteiger partial charge in [0, 0.05) is 11.8 Å². The molecule has 0 heterocycles. The van der Waals surface area contributed by atoms with E-state index in [1.54, 1.807) is 0 Å². The Morgan fingerprint density at radius 3 is 0.690 bits per heavy atom. The SMILES string of the molecule is CCCCCCCCCC/C=C/C(CCCCCCCCCCCCCCCC)COS(=O)(=O)[O-].CCCCCCCCCC/C=C/C(CCCCCCCCCCCCCCCC)COS(=O)(=O)[O-].[Ca+2]. The largest absolute Gasteiger partial charge is 2.00 e. The van der Waals surface area contributed by atoms with Crippen molar-refractivity contribution in [1.82, 2.24) is 0 Å². The van der Waals surface area contributed by atoms with Gasteiger partial charge in [-0.3, -0.25) is 8.37 Å². The van der Waals surface area contributed by atoms with Crippen LogP contribution in [0.25, 0.3) is 0 Å². The van der Waals surface area contributed by atoms with Gasteiger partial charge < -0.3 is 9.11 Å². The first-order valence-electron chi connectivity index (χ1n) is 30.5. The van der Waals surface area contributed by atoms with Gasteiger partial charge in [0.25, 0.3) is 0 Å². The van der Waals surface area contributed by atoms with Crippen molar-refractivity contribution in [3.05, 3.63) is 24.3 Å². The first-order chi connectivity index (χ1) is 34.0. The summed E-state index contributed by atoms with van der Waals surface area (Å²) in [5.74, 6) is 0.0372. The minimum absolute atomic E-state index is 0. The molecule has 71 heavy (non-hydrogen) atoms. The van der Waals surface area contributed by atoms with Gasteiger partial charge in [0.15, 0.2) is 0 Å². The van der Waals surface area contributed by atoms with E-state index < -0.39 is 20.8 Å². The number of unbranched alkanes of at least 4 members (excludes halogenated alkanes) is 42. The second-order valence-electron chi connectivity index (χ2n) is 21.1. The van der Waals surface area contributed by atoms with Crippen LogP contribution in [0.5, 0.6) is 0 Å². The van der Waals surface area contributed by atoms with Gasteiger partial charge >= 0.3 is 37.7 Å². The minimum Gasteiger partial charge on any atom is -0.726 e. The number of hydrogen-bond donors (Lipinski definition) is 0. The van der Waals surface area contributed by atoms with Crippen molar-refractivity contribution in [2.45, 2.75) is 336 Å². The molecule has 0 amide bonds. The van der Waals surface area contributed by atoms with Crippen LogP contribution in [0.15, 0.2) is 24.3 Å². The summed E-state index contributed by atoms with van der Waals surface area (Å²) in [5.41, 5.74) is 0. The Kier molecular flexibility index (Phi) is 65.4. The third-order valence-electron chi connectivity index (χ3n) is 14.0. The van der Waals surface area contributed by atoms with Crippen LogP contribution in [0.1, 0.15) is 336 Å². The Morgan fingerprint density at radius 1 is 0.310 bits per heavy atom. The van der Waals surface area contributed by atoms with E-state index in [0.29, 0.717) is 0 Å². The van der Waals surface area contributed by atoms with Crippen LogP contribution in [0, 0.1) is 11.8 Å². The summed E-state index contributed by atoms with van der Waals surface area (Å²) >= 11 is 0. The molecule has 0 aromatic carbocycles. The molecule has 0 spiro atoms. The van der Waals surface area contributed by atoms with Crippen LogP contribution in [-0.2, 0) is 29.2 Å². The van der Waals surface area contributed by atoms with Crippen LogP contribution < -0.4 is 0 Å². The maximum absolute atomic E-state index is 10.9. The normalized spacial score (nSPS) is 12.9. The number of hydrogen-bond acceptors (Lipinski definition) is 8. The molecule has 0 aromatic heterocycles. The van der Waals surface area contributed by atoms with Crippen molar-refractivity contribution in [2.24, 2.45) is 11.8 Å². The van der Waals surface area contributed by atoms with Gasteiger partial charge in [-0.05, 0) is 38.5 Å². The fourth-order valence-corrected chi connectivity index (χ4v) is 10.1. The molecule has 0 saturated carbocycles. The summed E-state index contributed by atoms with van der Waals surface area (Å²) in [4.78, 5) is 0. The molecule has 0 aromatic rings. The molecular weight excluding hydrogens is 953 g/mol. The van der Waals surface area contributed by atoms with E-state index in [1.165, 1.54) is 270 Å². The zero-order valence-electron chi connectivity index (χ0n) is 47.6. The zero-order chi connectivity index (χ0) is 51.8. The second kappa shape index (κ2) is 61.3. The smallest absolute Gasteiger partial charge is 0.726 e. The quantitative estimate of drug-likeness (QED) is 0.0193. The van der Waals surface area contributed by atoms with E-state index >= 15 is 0 Å². The van der Waals surface area contributed by atoms with Crippen molar-refractivity contribution >= 4 is 58.5 Å². The van der Waals surface area contributed by atoms with Crippen molar-refractivity contribution in [1.29, 1.82) is 0 Å². The molecule has 0 N–H and O–H groups in total. The summed E-state index contributed by atoms with van der Waals surface area (Å²) in [7, 11) is -9.23. The van der Waals surface area contributed by atoms with E-state index in [9.17, 15) is 25.9 Å². The van der Waals surface area contributed by atoms with Crippen LogP contribution in [0.4, 0.5) is 0 Å². The van der Waals surface area contributed by atoms with Crippen LogP contribution in [0.2, 0.25) is 0 Å². The Balaban J connectivity index is -0.00000128. The molecule has 2 unspecified atom stereocenters. The molecule has 0 aliphatic carbocycles. The van der Waals surface area contributed by atoms with Crippen molar-refractivity contribution in [3.63, 3.8) is 0 Å². The first-order valence-corrected chi connectivity index (χ1v) is 33.2. The molecule has 0 saturated heterocycles. The zero-order valence-corrected chi connectivity index (χ0v) is 51.5. The van der Waals surface area contributed by atoms with E-state index in [4.69, 9.17) is 0 Å². The minimum atomic E-state index is -4.61. The maximum atomic E-state index is 10.9. The predicted molar refractivity (Wildman–Crippen MR) is 307 cm³/mol. The van der Waals surface area contributed by atoms with E-state index in [0.717, 1.165) is 38.5 Å². The fraction of sp³-hybridized carbons (Fsp3) is 0.933. The Bertz CT molecular complexity index is 1190. The molecule has 0 aliphatic heterocycles. The molecule has 0 aliphatic rings. The maximum Gasteiger partial charge on any atom is 2.00 e. The molecular formula is C60H118CaO8S2. The average Bonchev–Trinajstić information content (AvgIpc) is 3.32. The van der Waals surface area contributed by atoms with Crippen molar-refractivity contribution in [3.8, 4) is 0 Å². The first kappa shape index (κ1) is 75.7. The Hall–Kier alpha value is 0.480. The van der Waals surface area contributed by atoms with Gasteiger partial charge in [0.05, 0.1) is 13.2 Å². The molecule has 420 valence electrons. The van der Waals surface area contributed by atoms with Crippen molar-refractivity contribution < 1.29 is 34.3 Å². The third-order valence-corrected chi connectivity index (χ3v) is 14.8. The van der Waals surface area contributed by atoms with E-state index in [2.05, 4.69) is 60.4 Å². The molecule has 0 bridgehead atoms. The monoisotopic (exact) mass is 1070 g/mol. The third kappa shape index (κ3) is 70.5. The van der Waals surface area contributed by atoms with Gasteiger partial charge in [-0.15, -0.1) is 0 Å². The average molecular weight is 1070 g/mol. The topological polar surface area (TPSA) is 133 Å². The molecule has 0 rings (SSSR count). The Morgan fingerprint density at radius 2 is 0.493 bits per heavy atom. The van der Waals surface area contributed by atoms with E-state index in [1.807, 2.05) is 0 Å². The molecule has 2 atom stereocenters. The summed E-state index contributed by atoms with van der Waals surface area (Å²) in [6.45, 7) is 9.00. The number of rotatable bonds is 56. The number of allylic oxidation sites excluding steroid dienone is 2. The molecule has 11 heteroatoms. The summed E-state index contributed by atoms with van der Waals surface area (Å²) in [6, 6.07) is 0. The summed E-state index contributed by atoms with van der Waals surface area (Å²) < 4.78 is 74.4. The fourth-order valence-electron chi connectivity index (χ4n) is 9.38. The standard InChI is InChI=1S/2C30H60O4S.Ca/c2*1-3-5-7-9-11-13-15-16-17-18-20-22-24-26-28-30(29-34-35(31,32)33)27-25-23-21-19-14-12-10-8-6-4-2;/h2*25,27,30H,3-24,26,28-29H2,1-2H3,(H,31,32,33);/q;;+2/p-2/b2*27-25+;. The van der Waals surface area contributed by atoms with Crippen LogP contribution in [0.3, 0.4) is 0 Å². The summed E-state index contributed by atoms with van der Waals surface area (Å²) in [6.07, 6.45) is 70.3. The van der Waals surface area contributed by atoms with Gasteiger partial charge in [-0.25, -0.2) is 16.8 Å². The molecule has 0 radical (unpaired) electrons. The predicted octanol–water partition coefficient (Wildman–Crippen LogP) is 19.7. The molecule has 0 fully saturated rings. The van der Waals surface area contributed by atoms with E-state index in [-0.39, 0.29) is 62.8 Å². The van der Waals surface area contributed by atoms with Gasteiger partial charge in [0.1, 0.15) is 0 Å². The van der Waals surface area contributed by atoms with Crippen molar-refractivity contribution in [2.75, 3.05) is 13.2 Å². The second-order valence-corrected chi connectivity index (χ2v) is 23.2. The molecule has 8 nitrogen and oxygen atoms in total. The Labute approximate surface area is 474 Å². The summed E-state index contributed by atoms with van der Waals surface area (Å²) in [5, 5.41) is 0. The van der Waals surface area contributed by atoms with Gasteiger partial charge in [0.2, 0.25) is 20.8 Å². The van der Waals surface area contributed by atoms with Gasteiger partial charge in [-0.2, -0.15) is 0 Å². The van der Waals surface area contributed by atoms with Crippen LogP contribution in [-0.4, -0.2) is 76.9 Å².